The molecule has 1 nitrogen and oxygen atoms in total. The summed E-state index contributed by atoms with van der Waals surface area (Å²) in [4.78, 5) is 12.0. The van der Waals surface area contributed by atoms with Crippen LogP contribution in [0.25, 0.3) is 0 Å². The normalized spacial score (nSPS) is 33.0. The molecule has 1 aliphatic carbocycles. The number of unbranched alkanes of at least 4 members (excludes halogenated alkanes) is 1. The van der Waals surface area contributed by atoms with E-state index in [4.69, 9.17) is 0 Å². The summed E-state index contributed by atoms with van der Waals surface area (Å²) in [6, 6.07) is 0. The molecule has 0 aromatic rings. The lowest BCUT2D eigenvalue weighted by molar-refractivity contribution is -0.131. The van der Waals surface area contributed by atoms with Crippen LogP contribution in [0.3, 0.4) is 0 Å². The molecule has 0 aliphatic heterocycles. The SMILES string of the molecule is C=C[C@@]1(CCCC)C(=O)CCC[C@@H]1C. The molecule has 0 aromatic heterocycles. The van der Waals surface area contributed by atoms with Crippen molar-refractivity contribution >= 4 is 5.78 Å². The van der Waals surface area contributed by atoms with Gasteiger partial charge in [0.15, 0.2) is 0 Å². The van der Waals surface area contributed by atoms with Gasteiger partial charge in [0.1, 0.15) is 5.78 Å². The Hall–Kier alpha value is -0.590. The van der Waals surface area contributed by atoms with Crippen LogP contribution < -0.4 is 0 Å². The third kappa shape index (κ3) is 1.92. The number of carbonyl (C=O) groups is 1. The summed E-state index contributed by atoms with van der Waals surface area (Å²) < 4.78 is 0. The third-order valence-electron chi connectivity index (χ3n) is 3.75. The maximum absolute atomic E-state index is 12.0. The van der Waals surface area contributed by atoms with E-state index in [-0.39, 0.29) is 5.41 Å². The first-order chi connectivity index (χ1) is 6.67. The molecule has 0 spiro atoms. The van der Waals surface area contributed by atoms with Crippen molar-refractivity contribution < 1.29 is 4.79 Å². The molecule has 1 aliphatic rings. The highest BCUT2D eigenvalue weighted by atomic mass is 16.1. The van der Waals surface area contributed by atoms with E-state index < -0.39 is 0 Å². The lowest BCUT2D eigenvalue weighted by Crippen LogP contribution is -2.38. The molecule has 0 bridgehead atoms. The number of hydrogen-bond donors (Lipinski definition) is 0. The molecule has 0 radical (unpaired) electrons. The average molecular weight is 194 g/mol. The minimum atomic E-state index is -0.186. The Bertz CT molecular complexity index is 219. The van der Waals surface area contributed by atoms with Crippen LogP contribution in [-0.2, 0) is 4.79 Å². The molecular formula is C13H22O. The molecule has 0 saturated heterocycles. The molecule has 0 N–H and O–H groups in total. The first-order valence-electron chi connectivity index (χ1n) is 5.84. The lowest BCUT2D eigenvalue weighted by atomic mass is 9.64. The quantitative estimate of drug-likeness (QED) is 0.623. The van der Waals surface area contributed by atoms with Crippen molar-refractivity contribution in [2.24, 2.45) is 11.3 Å². The largest absolute Gasteiger partial charge is 0.299 e. The number of ketones is 1. The second kappa shape index (κ2) is 4.77. The van der Waals surface area contributed by atoms with Gasteiger partial charge in [-0.2, -0.15) is 0 Å². The van der Waals surface area contributed by atoms with E-state index in [0.717, 1.165) is 32.1 Å². The van der Waals surface area contributed by atoms with Gasteiger partial charge < -0.3 is 0 Å². The van der Waals surface area contributed by atoms with Gasteiger partial charge in [0.2, 0.25) is 0 Å². The zero-order chi connectivity index (χ0) is 10.6. The smallest absolute Gasteiger partial charge is 0.143 e. The standard InChI is InChI=1S/C13H22O/c1-4-6-10-13(5-2)11(3)8-7-9-12(13)14/h5,11H,2,4,6-10H2,1,3H3/t11-,13-/m0/s1. The Morgan fingerprint density at radius 3 is 2.86 bits per heavy atom. The summed E-state index contributed by atoms with van der Waals surface area (Å²) in [5.74, 6) is 0.924. The number of rotatable bonds is 4. The van der Waals surface area contributed by atoms with Crippen LogP contribution in [0.1, 0.15) is 52.4 Å². The van der Waals surface area contributed by atoms with Crippen LogP contribution in [0, 0.1) is 11.3 Å². The van der Waals surface area contributed by atoms with E-state index in [9.17, 15) is 4.79 Å². The van der Waals surface area contributed by atoms with Gasteiger partial charge in [-0.05, 0) is 25.2 Å². The highest BCUT2D eigenvalue weighted by molar-refractivity contribution is 5.87. The number of carbonyl (C=O) groups excluding carboxylic acids is 1. The van der Waals surface area contributed by atoms with Gasteiger partial charge in [0, 0.05) is 11.8 Å². The summed E-state index contributed by atoms with van der Waals surface area (Å²) in [5.41, 5.74) is -0.186. The molecule has 0 unspecified atom stereocenters. The van der Waals surface area contributed by atoms with Gasteiger partial charge in [0.25, 0.3) is 0 Å². The topological polar surface area (TPSA) is 17.1 Å². The summed E-state index contributed by atoms with van der Waals surface area (Å²) >= 11 is 0. The maximum Gasteiger partial charge on any atom is 0.143 e. The van der Waals surface area contributed by atoms with Crippen LogP contribution >= 0.6 is 0 Å². The minimum Gasteiger partial charge on any atom is -0.299 e. The molecule has 1 heteroatoms. The van der Waals surface area contributed by atoms with Gasteiger partial charge >= 0.3 is 0 Å². The fourth-order valence-electron chi connectivity index (χ4n) is 2.61. The Morgan fingerprint density at radius 1 is 1.64 bits per heavy atom. The average Bonchev–Trinajstić information content (AvgIpc) is 2.18. The molecule has 2 atom stereocenters. The molecule has 0 aromatic carbocycles. The van der Waals surface area contributed by atoms with Crippen molar-refractivity contribution in [2.45, 2.75) is 52.4 Å². The lowest BCUT2D eigenvalue weighted by Gasteiger charge is -2.39. The van der Waals surface area contributed by atoms with Crippen LogP contribution in [0.2, 0.25) is 0 Å². The minimum absolute atomic E-state index is 0.186. The molecule has 0 heterocycles. The molecule has 0 amide bonds. The number of allylic oxidation sites excluding steroid dienone is 1. The van der Waals surface area contributed by atoms with Crippen molar-refractivity contribution in [3.05, 3.63) is 12.7 Å². The second-order valence-corrected chi connectivity index (χ2v) is 4.56. The van der Waals surface area contributed by atoms with Crippen molar-refractivity contribution in [3.8, 4) is 0 Å². The Morgan fingerprint density at radius 2 is 2.36 bits per heavy atom. The van der Waals surface area contributed by atoms with Crippen molar-refractivity contribution in [1.82, 2.24) is 0 Å². The Kier molecular flexibility index (Phi) is 3.91. The highest BCUT2D eigenvalue weighted by Gasteiger charge is 2.41. The summed E-state index contributed by atoms with van der Waals surface area (Å²) in [6.45, 7) is 8.27. The molecular weight excluding hydrogens is 172 g/mol. The van der Waals surface area contributed by atoms with Gasteiger partial charge in [-0.25, -0.2) is 0 Å². The van der Waals surface area contributed by atoms with Crippen LogP contribution in [0.5, 0.6) is 0 Å². The highest BCUT2D eigenvalue weighted by Crippen LogP contribution is 2.43. The van der Waals surface area contributed by atoms with Gasteiger partial charge in [-0.1, -0.05) is 32.8 Å². The van der Waals surface area contributed by atoms with E-state index in [0.29, 0.717) is 11.7 Å². The summed E-state index contributed by atoms with van der Waals surface area (Å²) in [6.07, 6.45) is 8.25. The van der Waals surface area contributed by atoms with E-state index in [2.05, 4.69) is 20.4 Å². The fraction of sp³-hybridized carbons (Fsp3) is 0.769. The van der Waals surface area contributed by atoms with Crippen LogP contribution in [-0.4, -0.2) is 5.78 Å². The zero-order valence-corrected chi connectivity index (χ0v) is 9.51. The molecule has 1 fully saturated rings. The van der Waals surface area contributed by atoms with Crippen molar-refractivity contribution in [1.29, 1.82) is 0 Å². The Labute approximate surface area is 87.6 Å². The van der Waals surface area contributed by atoms with Crippen LogP contribution in [0.4, 0.5) is 0 Å². The molecule has 1 rings (SSSR count). The Balaban J connectivity index is 2.80. The third-order valence-corrected chi connectivity index (χ3v) is 3.75. The predicted molar refractivity (Wildman–Crippen MR) is 60.2 cm³/mol. The first kappa shape index (κ1) is 11.5. The number of Topliss-reactive ketones (excluding diaryl/α,β-unsaturated/α-hetero) is 1. The second-order valence-electron chi connectivity index (χ2n) is 4.56. The molecule has 1 saturated carbocycles. The van der Waals surface area contributed by atoms with Crippen molar-refractivity contribution in [3.63, 3.8) is 0 Å². The maximum atomic E-state index is 12.0. The monoisotopic (exact) mass is 194 g/mol. The van der Waals surface area contributed by atoms with E-state index in [1.54, 1.807) is 0 Å². The fourth-order valence-corrected chi connectivity index (χ4v) is 2.61. The van der Waals surface area contributed by atoms with Gasteiger partial charge in [0.05, 0.1) is 0 Å². The number of hydrogen-bond acceptors (Lipinski definition) is 1. The van der Waals surface area contributed by atoms with Crippen LogP contribution in [0.15, 0.2) is 12.7 Å². The molecule has 14 heavy (non-hydrogen) atoms. The van der Waals surface area contributed by atoms with Crippen molar-refractivity contribution in [2.75, 3.05) is 0 Å². The summed E-state index contributed by atoms with van der Waals surface area (Å²) in [5, 5.41) is 0. The predicted octanol–water partition coefficient (Wildman–Crippen LogP) is 3.74. The van der Waals surface area contributed by atoms with E-state index >= 15 is 0 Å². The van der Waals surface area contributed by atoms with Gasteiger partial charge in [-0.3, -0.25) is 4.79 Å². The zero-order valence-electron chi connectivity index (χ0n) is 9.51. The van der Waals surface area contributed by atoms with E-state index in [1.807, 2.05) is 6.08 Å². The van der Waals surface area contributed by atoms with Gasteiger partial charge in [-0.15, -0.1) is 6.58 Å². The summed E-state index contributed by atoms with van der Waals surface area (Å²) in [7, 11) is 0. The molecule has 80 valence electrons. The van der Waals surface area contributed by atoms with E-state index in [1.165, 1.54) is 6.42 Å². The first-order valence-corrected chi connectivity index (χ1v) is 5.84.